The number of amides is 1. The summed E-state index contributed by atoms with van der Waals surface area (Å²) >= 11 is 0. The number of nitrogens with one attached hydrogen (secondary N) is 1. The van der Waals surface area contributed by atoms with Crippen LogP contribution in [0.25, 0.3) is 0 Å². The van der Waals surface area contributed by atoms with E-state index in [9.17, 15) is 13.2 Å². The van der Waals surface area contributed by atoms with Gasteiger partial charge in [-0.25, -0.2) is 0 Å². The van der Waals surface area contributed by atoms with Gasteiger partial charge in [-0.3, -0.25) is 4.79 Å². The maximum Gasteiger partial charge on any atom is 0.298 e. The molecule has 1 fully saturated rings. The van der Waals surface area contributed by atoms with Gasteiger partial charge in [0.1, 0.15) is 0 Å². The minimum absolute atomic E-state index is 0.0584. The van der Waals surface area contributed by atoms with E-state index in [1.807, 2.05) is 0 Å². The maximum absolute atomic E-state index is 11.4. The van der Waals surface area contributed by atoms with Crippen LogP contribution in [-0.4, -0.2) is 26.6 Å². The number of carbonyl (C=O) groups is 1. The smallest absolute Gasteiger partial charge is 0.298 e. The summed E-state index contributed by atoms with van der Waals surface area (Å²) in [5, 5.41) is 2.17. The number of sulfonamides is 1. The van der Waals surface area contributed by atoms with Crippen LogP contribution in [0.1, 0.15) is 12.8 Å². The molecule has 2 rings (SSSR count). The van der Waals surface area contributed by atoms with Crippen LogP contribution in [0.5, 0.6) is 0 Å². The zero-order chi connectivity index (χ0) is 10.3. The van der Waals surface area contributed by atoms with Crippen LogP contribution in [0, 0.1) is 0 Å². The maximum atomic E-state index is 11.4. The Kier molecular flexibility index (Phi) is 1.84. The first-order valence-corrected chi connectivity index (χ1v) is 5.55. The zero-order valence-corrected chi connectivity index (χ0v) is 8.04. The predicted octanol–water partition coefficient (Wildman–Crippen LogP) is -1.15. The summed E-state index contributed by atoms with van der Waals surface area (Å²) < 4.78 is 25.2. The molecule has 0 saturated heterocycles. The molecule has 1 aliphatic carbocycles. The third-order valence-corrected chi connectivity index (χ3v) is 3.18. The number of nitrogens with zero attached hydrogens (tertiary/aromatic N) is 1. The topological polar surface area (TPSA) is 102 Å². The molecule has 0 aromatic carbocycles. The van der Waals surface area contributed by atoms with Crippen molar-refractivity contribution in [2.75, 3.05) is 0 Å². The van der Waals surface area contributed by atoms with Gasteiger partial charge in [0.25, 0.3) is 15.9 Å². The number of rotatable bonds is 2. The quantitative estimate of drug-likeness (QED) is 0.607. The standard InChI is InChI=1S/C7H9N3O3S/c8-6-5(3-9-14(6,12)13)7(11)10-4-1-2-4/h3-4H,1-2,8H2,(H,10,11). The van der Waals surface area contributed by atoms with Crippen molar-refractivity contribution in [3.05, 3.63) is 10.6 Å². The molecule has 0 spiro atoms. The van der Waals surface area contributed by atoms with Gasteiger partial charge in [-0.05, 0) is 12.8 Å². The summed E-state index contributed by atoms with van der Waals surface area (Å²) in [4.78, 5) is 11.4. The largest absolute Gasteiger partial charge is 0.387 e. The molecule has 76 valence electrons. The molecule has 0 radical (unpaired) electrons. The second-order valence-corrected chi connectivity index (χ2v) is 4.84. The fourth-order valence-electron chi connectivity index (χ4n) is 1.04. The highest BCUT2D eigenvalue weighted by atomic mass is 32.2. The molecule has 1 saturated carbocycles. The fourth-order valence-corrected chi connectivity index (χ4v) is 1.82. The van der Waals surface area contributed by atoms with Crippen molar-refractivity contribution in [3.63, 3.8) is 0 Å². The summed E-state index contributed by atoms with van der Waals surface area (Å²) in [5.41, 5.74) is 5.20. The SMILES string of the molecule is NC1=C(C(=O)NC2CC2)C=NS1(=O)=O. The van der Waals surface area contributed by atoms with E-state index >= 15 is 0 Å². The molecular formula is C7H9N3O3S. The van der Waals surface area contributed by atoms with Crippen LogP contribution in [0.3, 0.4) is 0 Å². The van der Waals surface area contributed by atoms with E-state index in [0.717, 1.165) is 19.1 Å². The predicted molar refractivity (Wildman–Crippen MR) is 49.8 cm³/mol. The molecule has 1 heterocycles. The third-order valence-electron chi connectivity index (χ3n) is 2.02. The summed E-state index contributed by atoms with van der Waals surface area (Å²) in [6.45, 7) is 0. The summed E-state index contributed by atoms with van der Waals surface area (Å²) in [6, 6.07) is 0.166. The van der Waals surface area contributed by atoms with Gasteiger partial charge in [-0.15, -0.1) is 0 Å². The number of carbonyl (C=O) groups excluding carboxylic acids is 1. The molecule has 3 N–H and O–H groups in total. The van der Waals surface area contributed by atoms with E-state index in [-0.39, 0.29) is 11.6 Å². The van der Waals surface area contributed by atoms with Crippen LogP contribution >= 0.6 is 0 Å². The van der Waals surface area contributed by atoms with E-state index in [2.05, 4.69) is 9.71 Å². The molecule has 0 aromatic heterocycles. The van der Waals surface area contributed by atoms with Gasteiger partial charge < -0.3 is 11.1 Å². The molecule has 0 unspecified atom stereocenters. The van der Waals surface area contributed by atoms with E-state index in [4.69, 9.17) is 5.73 Å². The molecule has 0 atom stereocenters. The van der Waals surface area contributed by atoms with Gasteiger partial charge >= 0.3 is 0 Å². The van der Waals surface area contributed by atoms with Crippen molar-refractivity contribution in [3.8, 4) is 0 Å². The van der Waals surface area contributed by atoms with Crippen LogP contribution in [-0.2, 0) is 14.8 Å². The van der Waals surface area contributed by atoms with Gasteiger partial charge in [-0.2, -0.15) is 12.8 Å². The van der Waals surface area contributed by atoms with Gasteiger partial charge in [-0.1, -0.05) is 0 Å². The van der Waals surface area contributed by atoms with Crippen LogP contribution in [0.2, 0.25) is 0 Å². The molecule has 0 aromatic rings. The minimum atomic E-state index is -3.77. The molecule has 14 heavy (non-hydrogen) atoms. The van der Waals surface area contributed by atoms with E-state index in [1.54, 1.807) is 0 Å². The van der Waals surface area contributed by atoms with E-state index in [1.165, 1.54) is 0 Å². The Morgan fingerprint density at radius 2 is 2.21 bits per heavy atom. The van der Waals surface area contributed by atoms with Crippen molar-refractivity contribution in [2.24, 2.45) is 10.1 Å². The highest BCUT2D eigenvalue weighted by molar-refractivity contribution is 7.94. The number of nitrogens with two attached hydrogens (primary N) is 1. The van der Waals surface area contributed by atoms with Crippen molar-refractivity contribution in [1.29, 1.82) is 0 Å². The van der Waals surface area contributed by atoms with E-state index in [0.29, 0.717) is 0 Å². The Labute approximate surface area is 80.9 Å². The Morgan fingerprint density at radius 1 is 1.57 bits per heavy atom. The van der Waals surface area contributed by atoms with Gasteiger partial charge in [0.05, 0.1) is 11.8 Å². The van der Waals surface area contributed by atoms with Crippen molar-refractivity contribution in [1.82, 2.24) is 5.32 Å². The first-order valence-electron chi connectivity index (χ1n) is 4.11. The summed E-state index contributed by atoms with van der Waals surface area (Å²) in [6.07, 6.45) is 2.86. The third kappa shape index (κ3) is 1.50. The Balaban J connectivity index is 2.22. The van der Waals surface area contributed by atoms with Crippen molar-refractivity contribution < 1.29 is 13.2 Å². The van der Waals surface area contributed by atoms with Crippen LogP contribution in [0.15, 0.2) is 15.0 Å². The summed E-state index contributed by atoms with van der Waals surface area (Å²) in [5.74, 6) is -0.463. The minimum Gasteiger partial charge on any atom is -0.387 e. The lowest BCUT2D eigenvalue weighted by molar-refractivity contribution is -0.117. The first kappa shape index (κ1) is 9.20. The normalized spacial score (nSPS) is 24.0. The average molecular weight is 215 g/mol. The lowest BCUT2D eigenvalue weighted by Crippen LogP contribution is -2.29. The first-order chi connectivity index (χ1) is 6.50. The van der Waals surface area contributed by atoms with Crippen LogP contribution in [0.4, 0.5) is 0 Å². The second-order valence-electron chi connectivity index (χ2n) is 3.24. The van der Waals surface area contributed by atoms with Gasteiger partial charge in [0.2, 0.25) is 0 Å². The second kappa shape index (κ2) is 2.81. The zero-order valence-electron chi connectivity index (χ0n) is 7.23. The monoisotopic (exact) mass is 215 g/mol. The molecule has 1 amide bonds. The number of hydrogen-bond acceptors (Lipinski definition) is 4. The van der Waals surface area contributed by atoms with Gasteiger partial charge in [0, 0.05) is 6.04 Å². The van der Waals surface area contributed by atoms with Gasteiger partial charge in [0.15, 0.2) is 5.03 Å². The molecule has 7 heteroatoms. The highest BCUT2D eigenvalue weighted by Gasteiger charge is 2.30. The lowest BCUT2D eigenvalue weighted by atomic mass is 10.3. The molecule has 6 nitrogen and oxygen atoms in total. The Morgan fingerprint density at radius 3 is 2.64 bits per heavy atom. The molecule has 1 aliphatic heterocycles. The Bertz CT molecular complexity index is 445. The fraction of sp³-hybridized carbons (Fsp3) is 0.429. The lowest BCUT2D eigenvalue weighted by Gasteiger charge is -2.01. The van der Waals surface area contributed by atoms with Crippen LogP contribution < -0.4 is 11.1 Å². The molecule has 0 bridgehead atoms. The highest BCUT2D eigenvalue weighted by Crippen LogP contribution is 2.21. The van der Waals surface area contributed by atoms with E-state index < -0.39 is 21.0 Å². The average Bonchev–Trinajstić information content (AvgIpc) is 2.83. The van der Waals surface area contributed by atoms with Crippen molar-refractivity contribution >= 4 is 22.1 Å². The number of hydrogen-bond donors (Lipinski definition) is 2. The molecular weight excluding hydrogens is 206 g/mol. The van der Waals surface area contributed by atoms with Crippen molar-refractivity contribution in [2.45, 2.75) is 18.9 Å². The molecule has 2 aliphatic rings. The Hall–Kier alpha value is -1.37. The summed E-state index contributed by atoms with van der Waals surface area (Å²) in [7, 11) is -3.77.